The van der Waals surface area contributed by atoms with Crippen LogP contribution in [0.15, 0.2) is 36.5 Å². The second-order valence-electron chi connectivity index (χ2n) is 9.27. The Morgan fingerprint density at radius 1 is 1.25 bits per heavy atom. The topological polar surface area (TPSA) is 112 Å². The maximum Gasteiger partial charge on any atom is 0.380 e. The van der Waals surface area contributed by atoms with Gasteiger partial charge in [-0.3, -0.25) is 13.9 Å². The fourth-order valence-electron chi connectivity index (χ4n) is 3.83. The van der Waals surface area contributed by atoms with E-state index in [-0.39, 0.29) is 24.8 Å². The molecule has 0 aliphatic carbocycles. The minimum absolute atomic E-state index is 0.200. The molecule has 0 bridgehead atoms. The van der Waals surface area contributed by atoms with Crippen LogP contribution < -0.4 is 4.52 Å². The second kappa shape index (κ2) is 12.1. The largest absolute Gasteiger partial charge is 0.463 e. The number of nitrogens with one attached hydrogen (secondary N) is 1. The van der Waals surface area contributed by atoms with Gasteiger partial charge in [-0.2, -0.15) is 0 Å². The first-order valence-corrected chi connectivity index (χ1v) is 14.3. The van der Waals surface area contributed by atoms with E-state index >= 15 is 0 Å². The van der Waals surface area contributed by atoms with Gasteiger partial charge in [0.05, 0.1) is 30.9 Å². The highest BCUT2D eigenvalue weighted by molar-refractivity contribution is 7.72. The van der Waals surface area contributed by atoms with Crippen LogP contribution in [0.1, 0.15) is 39.5 Å². The van der Waals surface area contributed by atoms with Gasteiger partial charge in [-0.15, -0.1) is 0 Å². The lowest BCUT2D eigenvalue weighted by molar-refractivity contribution is -0.151. The molecule has 1 aromatic carbocycles. The van der Waals surface area contributed by atoms with Crippen molar-refractivity contribution in [2.24, 2.45) is 11.8 Å². The van der Waals surface area contributed by atoms with Crippen molar-refractivity contribution >= 4 is 38.0 Å². The fourth-order valence-corrected chi connectivity index (χ4v) is 6.17. The fraction of sp³-hybridized carbons (Fsp3) is 0.542. The Balaban J connectivity index is 1.77. The van der Waals surface area contributed by atoms with Crippen LogP contribution in [0.5, 0.6) is 5.75 Å². The van der Waals surface area contributed by atoms with Gasteiger partial charge in [0, 0.05) is 17.7 Å². The number of benzene rings is 1. The molecule has 0 radical (unpaired) electrons. The van der Waals surface area contributed by atoms with Crippen molar-refractivity contribution in [3.05, 3.63) is 51.5 Å². The monoisotopic (exact) mass is 556 g/mol. The highest BCUT2D eigenvalue weighted by atomic mass is 32.1. The van der Waals surface area contributed by atoms with Gasteiger partial charge < -0.3 is 24.1 Å². The summed E-state index contributed by atoms with van der Waals surface area (Å²) in [7, 11) is -3.85. The second-order valence-corrected chi connectivity index (χ2v) is 12.1. The molecule has 2 heterocycles. The summed E-state index contributed by atoms with van der Waals surface area (Å²) in [6.45, 7) is 8.56. The predicted molar refractivity (Wildman–Crippen MR) is 140 cm³/mol. The van der Waals surface area contributed by atoms with Crippen LogP contribution in [0.2, 0.25) is 0 Å². The van der Waals surface area contributed by atoms with Crippen LogP contribution in [0.25, 0.3) is 0 Å². The molecule has 12 heteroatoms. The van der Waals surface area contributed by atoms with Crippen LogP contribution in [0.3, 0.4) is 0 Å². The number of para-hydroxylation sites is 1. The van der Waals surface area contributed by atoms with Crippen molar-refractivity contribution in [3.8, 4) is 5.75 Å². The van der Waals surface area contributed by atoms with E-state index in [0.717, 1.165) is 5.56 Å². The van der Waals surface area contributed by atoms with Crippen LogP contribution in [0.4, 0.5) is 0 Å². The molecule has 2 unspecified atom stereocenters. The molecule has 0 spiro atoms. The average molecular weight is 557 g/mol. The lowest BCUT2D eigenvalue weighted by Gasteiger charge is -2.24. The van der Waals surface area contributed by atoms with E-state index in [1.165, 1.54) is 0 Å². The number of esters is 1. The number of ether oxygens (including phenoxy) is 2. The van der Waals surface area contributed by atoms with E-state index in [2.05, 4.69) is 4.98 Å². The number of hydrogen-bond donors (Lipinski definition) is 2. The zero-order valence-electron chi connectivity index (χ0n) is 21.0. The van der Waals surface area contributed by atoms with Crippen molar-refractivity contribution < 1.29 is 33.0 Å². The minimum Gasteiger partial charge on any atom is -0.463 e. The summed E-state index contributed by atoms with van der Waals surface area (Å²) in [5.41, 5.74) is 0.812. The number of H-pyrrole nitrogens is 1. The zero-order chi connectivity index (χ0) is 26.6. The van der Waals surface area contributed by atoms with Gasteiger partial charge in [-0.25, -0.2) is 4.57 Å². The molecule has 1 aliphatic heterocycles. The lowest BCUT2D eigenvalue weighted by atomic mass is 10.0. The van der Waals surface area contributed by atoms with Crippen molar-refractivity contribution in [1.29, 1.82) is 0 Å². The third-order valence-electron chi connectivity index (χ3n) is 5.78. The van der Waals surface area contributed by atoms with E-state index in [1.807, 2.05) is 13.8 Å². The summed E-state index contributed by atoms with van der Waals surface area (Å²) in [4.78, 5) is 15.3. The van der Waals surface area contributed by atoms with Crippen LogP contribution in [-0.4, -0.2) is 51.7 Å². The van der Waals surface area contributed by atoms with Gasteiger partial charge in [0.1, 0.15) is 22.7 Å². The zero-order valence-corrected chi connectivity index (χ0v) is 23.5. The maximum atomic E-state index is 13.8. The molecule has 3 rings (SSSR count). The molecule has 1 aromatic heterocycles. The number of nitrogens with zero attached hydrogens (tertiary/aromatic N) is 1. The average Bonchev–Trinajstić information content (AvgIpc) is 3.08. The van der Waals surface area contributed by atoms with Crippen molar-refractivity contribution in [3.63, 3.8) is 0 Å². The van der Waals surface area contributed by atoms with Crippen LogP contribution in [-0.2, 0) is 23.4 Å². The first-order valence-electron chi connectivity index (χ1n) is 11.7. The number of aryl methyl sites for hydroxylation is 1. The first kappa shape index (κ1) is 28.7. The lowest BCUT2D eigenvalue weighted by Crippen LogP contribution is -2.30. The van der Waals surface area contributed by atoms with Crippen LogP contribution >= 0.6 is 32.0 Å². The molecule has 2 aromatic rings. The Morgan fingerprint density at radius 2 is 1.92 bits per heavy atom. The molecule has 1 fully saturated rings. The van der Waals surface area contributed by atoms with Crippen molar-refractivity contribution in [1.82, 2.24) is 9.55 Å². The Morgan fingerprint density at radius 3 is 2.56 bits per heavy atom. The van der Waals surface area contributed by atoms with Gasteiger partial charge in [0.2, 0.25) is 0 Å². The molecule has 2 N–H and O–H groups in total. The quantitative estimate of drug-likeness (QED) is 0.227. The maximum absolute atomic E-state index is 13.8. The molecule has 36 heavy (non-hydrogen) atoms. The predicted octanol–water partition coefficient (Wildman–Crippen LogP) is 5.35. The van der Waals surface area contributed by atoms with Gasteiger partial charge in [-0.05, 0) is 45.1 Å². The SMILES string of the molecule is Cc1cn([C@H]2O[C@@H](COP(=O)(C[C@@H](C)C(=O)OC(C)C)Oc3ccccc3)C(O)[C@H]2C)c(=S)[nH]c1=S. The number of hydrogen-bond acceptors (Lipinski definition) is 9. The highest BCUT2D eigenvalue weighted by Crippen LogP contribution is 2.51. The molecule has 0 saturated carbocycles. The summed E-state index contributed by atoms with van der Waals surface area (Å²) in [6.07, 6.45) is -1.03. The van der Waals surface area contributed by atoms with E-state index in [4.69, 9.17) is 43.0 Å². The summed E-state index contributed by atoms with van der Waals surface area (Å²) < 4.78 is 39.3. The molecule has 0 amide bonds. The van der Waals surface area contributed by atoms with Gasteiger partial charge >= 0.3 is 13.6 Å². The molecule has 1 aliphatic rings. The number of carbonyl (C=O) groups excluding carboxylic acids is 1. The normalized spacial score (nSPS) is 24.3. The van der Waals surface area contributed by atoms with E-state index < -0.39 is 37.9 Å². The van der Waals surface area contributed by atoms with E-state index in [9.17, 15) is 14.5 Å². The third kappa shape index (κ3) is 7.12. The summed E-state index contributed by atoms with van der Waals surface area (Å²) in [5.74, 6) is -1.24. The summed E-state index contributed by atoms with van der Waals surface area (Å²) >= 11 is 10.6. The molecule has 6 atom stereocenters. The number of aromatic nitrogens is 2. The number of aromatic amines is 1. The standard InChI is InChI=1S/C24H33N2O7PS2/c1-14(2)31-23(28)16(4)13-34(29,33-18-9-7-6-8-10-18)30-12-19-20(27)17(5)22(32-19)26-11-15(3)21(35)25-24(26)36/h6-11,14,16-17,19-20,22,27H,12-13H2,1-5H3,(H,25,35,36)/t16-,17-,19+,20?,22+,34?/m1/s1. The third-order valence-corrected chi connectivity index (χ3v) is 8.54. The Labute approximate surface area is 221 Å². The molecular weight excluding hydrogens is 523 g/mol. The summed E-state index contributed by atoms with van der Waals surface area (Å²) in [5, 5.41) is 10.9. The Kier molecular flexibility index (Phi) is 9.65. The molecule has 198 valence electrons. The van der Waals surface area contributed by atoms with Crippen LogP contribution in [0, 0.1) is 28.2 Å². The number of carbonyl (C=O) groups is 1. The van der Waals surface area contributed by atoms with Gasteiger partial charge in [-0.1, -0.05) is 44.3 Å². The Hall–Kier alpha value is -1.88. The van der Waals surface area contributed by atoms with E-state index in [1.54, 1.807) is 61.9 Å². The highest BCUT2D eigenvalue weighted by Gasteiger charge is 2.44. The molecule has 1 saturated heterocycles. The Bertz CT molecular complexity index is 1220. The van der Waals surface area contributed by atoms with Crippen molar-refractivity contribution in [2.45, 2.75) is 59.2 Å². The minimum atomic E-state index is -3.85. The molecule has 9 nitrogen and oxygen atoms in total. The first-order chi connectivity index (χ1) is 16.9. The van der Waals surface area contributed by atoms with Gasteiger partial charge in [0.25, 0.3) is 0 Å². The van der Waals surface area contributed by atoms with E-state index in [0.29, 0.717) is 15.2 Å². The molecular formula is C24H33N2O7PS2. The number of aliphatic hydroxyl groups excluding tert-OH is 1. The van der Waals surface area contributed by atoms with Gasteiger partial charge in [0.15, 0.2) is 4.77 Å². The number of rotatable bonds is 10. The van der Waals surface area contributed by atoms with Crippen molar-refractivity contribution in [2.75, 3.05) is 12.8 Å². The number of aliphatic hydroxyl groups is 1. The smallest absolute Gasteiger partial charge is 0.380 e. The summed E-state index contributed by atoms with van der Waals surface area (Å²) in [6, 6.07) is 8.57.